The van der Waals surface area contributed by atoms with Crippen LogP contribution in [0.5, 0.6) is 5.75 Å². The van der Waals surface area contributed by atoms with E-state index >= 15 is 0 Å². The van der Waals surface area contributed by atoms with Crippen molar-refractivity contribution in [3.8, 4) is 5.75 Å². The third-order valence-corrected chi connectivity index (χ3v) is 11.5. The van der Waals surface area contributed by atoms with Crippen molar-refractivity contribution < 1.29 is 27.1 Å². The van der Waals surface area contributed by atoms with Crippen LogP contribution in [0.15, 0.2) is 35.2 Å². The summed E-state index contributed by atoms with van der Waals surface area (Å²) in [7, 11) is 2.06. The lowest BCUT2D eigenvalue weighted by Gasteiger charge is -2.37. The highest BCUT2D eigenvalue weighted by molar-refractivity contribution is 7.89. The summed E-state index contributed by atoms with van der Waals surface area (Å²) < 4.78 is 53.2. The number of ether oxygens (including phenoxy) is 2. The maximum absolute atomic E-state index is 13.5. The van der Waals surface area contributed by atoms with Crippen LogP contribution in [0.4, 0.5) is 4.39 Å². The van der Waals surface area contributed by atoms with Gasteiger partial charge >= 0.3 is 0 Å². The molecule has 1 aliphatic heterocycles. The number of hydrogen-bond donors (Lipinski definition) is 1. The van der Waals surface area contributed by atoms with E-state index in [2.05, 4.69) is 24.3 Å². The van der Waals surface area contributed by atoms with Crippen molar-refractivity contribution in [2.24, 2.45) is 11.8 Å². The number of hydrogen-bond acceptors (Lipinski definition) is 6. The number of halogens is 1. The maximum atomic E-state index is 13.5. The number of sulfonamides is 1. The van der Waals surface area contributed by atoms with Crippen LogP contribution in [-0.2, 0) is 19.6 Å². The number of rotatable bonds is 12. The normalized spacial score (nSPS) is 22.1. The molecule has 2 aliphatic rings. The number of nitrogens with zero attached hydrogens (tertiary/aromatic N) is 2. The zero-order valence-electron chi connectivity index (χ0n) is 26.5. The van der Waals surface area contributed by atoms with E-state index in [0.29, 0.717) is 53.1 Å². The highest BCUT2D eigenvalue weighted by atomic mass is 32.2. The van der Waals surface area contributed by atoms with Gasteiger partial charge in [-0.2, -0.15) is 4.31 Å². The molecule has 0 spiro atoms. The summed E-state index contributed by atoms with van der Waals surface area (Å²) in [6, 6.07) is 8.92. The van der Waals surface area contributed by atoms with Gasteiger partial charge < -0.3 is 19.7 Å². The molecule has 1 N–H and O–H groups in total. The number of nitrogens with one attached hydrogen (secondary N) is 1. The van der Waals surface area contributed by atoms with Gasteiger partial charge in [0, 0.05) is 25.7 Å². The van der Waals surface area contributed by atoms with Crippen molar-refractivity contribution >= 4 is 15.9 Å². The lowest BCUT2D eigenvalue weighted by molar-refractivity contribution is -0.127. The smallest absolute Gasteiger partial charge is 0.246 e. The Morgan fingerprint density at radius 2 is 1.74 bits per heavy atom. The molecule has 4 rings (SSSR count). The predicted octanol–water partition coefficient (Wildman–Crippen LogP) is 5.15. The van der Waals surface area contributed by atoms with E-state index in [4.69, 9.17) is 9.47 Å². The molecular formula is C33H48FN3O5S. The fourth-order valence-corrected chi connectivity index (χ4v) is 8.89. The second-order valence-electron chi connectivity index (χ2n) is 12.4. The predicted molar refractivity (Wildman–Crippen MR) is 166 cm³/mol. The van der Waals surface area contributed by atoms with Gasteiger partial charge in [-0.3, -0.25) is 4.79 Å². The van der Waals surface area contributed by atoms with Gasteiger partial charge in [-0.15, -0.1) is 0 Å². The van der Waals surface area contributed by atoms with Gasteiger partial charge in [-0.1, -0.05) is 25.0 Å². The zero-order valence-corrected chi connectivity index (χ0v) is 27.3. The monoisotopic (exact) mass is 617 g/mol. The highest BCUT2D eigenvalue weighted by Crippen LogP contribution is 2.40. The molecule has 1 amide bonds. The summed E-state index contributed by atoms with van der Waals surface area (Å²) in [5.41, 5.74) is 3.32. The Morgan fingerprint density at radius 3 is 2.37 bits per heavy atom. The van der Waals surface area contributed by atoms with Crippen molar-refractivity contribution in [1.82, 2.24) is 14.5 Å². The molecular weight excluding hydrogens is 569 g/mol. The second-order valence-corrected chi connectivity index (χ2v) is 14.3. The van der Waals surface area contributed by atoms with E-state index in [9.17, 15) is 17.6 Å². The molecule has 2 fully saturated rings. The highest BCUT2D eigenvalue weighted by Gasteiger charge is 2.36. The van der Waals surface area contributed by atoms with E-state index < -0.39 is 10.0 Å². The molecule has 43 heavy (non-hydrogen) atoms. The minimum Gasteiger partial charge on any atom is -0.496 e. The molecule has 2 unspecified atom stereocenters. The fraction of sp³-hybridized carbons (Fsp3) is 0.606. The number of benzene rings is 2. The molecule has 1 heterocycles. The van der Waals surface area contributed by atoms with Crippen LogP contribution in [0, 0.1) is 38.4 Å². The zero-order chi connectivity index (χ0) is 31.3. The van der Waals surface area contributed by atoms with Gasteiger partial charge in [0.25, 0.3) is 0 Å². The van der Waals surface area contributed by atoms with Gasteiger partial charge in [-0.05, 0) is 113 Å². The van der Waals surface area contributed by atoms with Crippen molar-refractivity contribution in [1.29, 1.82) is 0 Å². The van der Waals surface area contributed by atoms with Crippen LogP contribution >= 0.6 is 0 Å². The van der Waals surface area contributed by atoms with Gasteiger partial charge in [0.1, 0.15) is 18.2 Å². The topological polar surface area (TPSA) is 88.2 Å². The molecule has 0 radical (unpaired) electrons. The van der Waals surface area contributed by atoms with Crippen LogP contribution in [-0.4, -0.2) is 77.1 Å². The lowest BCUT2D eigenvalue weighted by Crippen LogP contribution is -2.34. The Bertz CT molecular complexity index is 1360. The largest absolute Gasteiger partial charge is 0.496 e. The van der Waals surface area contributed by atoms with Gasteiger partial charge in [0.15, 0.2) is 0 Å². The summed E-state index contributed by atoms with van der Waals surface area (Å²) in [4.78, 5) is 15.1. The summed E-state index contributed by atoms with van der Waals surface area (Å²) in [5, 5.41) is 2.99. The van der Waals surface area contributed by atoms with Gasteiger partial charge in [-0.25, -0.2) is 12.8 Å². The SMILES string of the molecule is COc1cc(C)c(S(=O)(=O)N2CCC(OCC(=O)NCCC3CCC(C(c4ccc(F)cc4)N(C)C)CC3)C2)c(C)c1C. The Balaban J connectivity index is 1.18. The standard InChI is InChI=1S/C33H48FN3O5S/c1-22-19-30(41-6)23(2)24(3)33(22)43(39,40)37-18-16-29(20-37)42-21-31(38)35-17-15-25-7-9-26(10-8-25)32(36(4)5)27-11-13-28(34)14-12-27/h11-14,19,25-26,29,32H,7-10,15-18,20-21H2,1-6H3,(H,35,38). The number of carbonyl (C=O) groups excluding carboxylic acids is 1. The van der Waals surface area contributed by atoms with Crippen LogP contribution in [0.3, 0.4) is 0 Å². The molecule has 2 aromatic carbocycles. The minimum atomic E-state index is -3.70. The van der Waals surface area contributed by atoms with Crippen LogP contribution in [0.1, 0.15) is 66.8 Å². The Hall–Kier alpha value is -2.53. The molecule has 2 aromatic rings. The van der Waals surface area contributed by atoms with E-state index in [1.54, 1.807) is 32.2 Å². The molecule has 2 atom stereocenters. The van der Waals surface area contributed by atoms with Gasteiger partial charge in [0.2, 0.25) is 15.9 Å². The molecule has 1 saturated carbocycles. The third-order valence-electron chi connectivity index (χ3n) is 9.33. The van der Waals surface area contributed by atoms with Crippen molar-refractivity contribution in [2.75, 3.05) is 47.4 Å². The lowest BCUT2D eigenvalue weighted by atomic mass is 9.75. The first-order chi connectivity index (χ1) is 20.4. The minimum absolute atomic E-state index is 0.0762. The molecule has 1 saturated heterocycles. The number of aryl methyl sites for hydroxylation is 1. The Kier molecular flexibility index (Phi) is 11.3. The second kappa shape index (κ2) is 14.5. The van der Waals surface area contributed by atoms with Crippen molar-refractivity contribution in [2.45, 2.75) is 76.3 Å². The van der Waals surface area contributed by atoms with Crippen LogP contribution in [0.2, 0.25) is 0 Å². The molecule has 0 aromatic heterocycles. The summed E-state index contributed by atoms with van der Waals surface area (Å²) in [5.74, 6) is 1.39. The summed E-state index contributed by atoms with van der Waals surface area (Å²) in [6.07, 6.45) is 5.60. The number of methoxy groups -OCH3 is 1. The third kappa shape index (κ3) is 7.95. The molecule has 0 bridgehead atoms. The average molecular weight is 618 g/mol. The van der Waals surface area contributed by atoms with Crippen LogP contribution in [0.25, 0.3) is 0 Å². The van der Waals surface area contributed by atoms with E-state index in [0.717, 1.165) is 43.2 Å². The first-order valence-corrected chi connectivity index (χ1v) is 16.8. The molecule has 1 aliphatic carbocycles. The molecule has 238 valence electrons. The van der Waals surface area contributed by atoms with E-state index in [-0.39, 0.29) is 37.0 Å². The molecule has 10 heteroatoms. The van der Waals surface area contributed by atoms with Crippen LogP contribution < -0.4 is 10.1 Å². The van der Waals surface area contributed by atoms with Crippen molar-refractivity contribution in [3.63, 3.8) is 0 Å². The average Bonchev–Trinajstić information content (AvgIpc) is 3.46. The number of amides is 1. The van der Waals surface area contributed by atoms with Crippen molar-refractivity contribution in [3.05, 3.63) is 58.4 Å². The Labute approximate surface area is 257 Å². The first kappa shape index (κ1) is 33.4. The summed E-state index contributed by atoms with van der Waals surface area (Å²) in [6.45, 7) is 6.58. The quantitative estimate of drug-likeness (QED) is 0.354. The van der Waals surface area contributed by atoms with E-state index in [1.807, 2.05) is 26.0 Å². The fourth-order valence-electron chi connectivity index (χ4n) is 6.92. The summed E-state index contributed by atoms with van der Waals surface area (Å²) >= 11 is 0. The number of carbonyl (C=O) groups is 1. The van der Waals surface area contributed by atoms with Gasteiger partial charge in [0.05, 0.1) is 18.1 Å². The maximum Gasteiger partial charge on any atom is 0.246 e. The van der Waals surface area contributed by atoms with E-state index in [1.165, 1.54) is 4.31 Å². The Morgan fingerprint density at radius 1 is 1.07 bits per heavy atom. The first-order valence-electron chi connectivity index (χ1n) is 15.4. The molecule has 8 nitrogen and oxygen atoms in total.